The Balaban J connectivity index is 1.85. The normalized spacial score (nSPS) is 28.2. The number of aliphatic hydroxyl groups is 2. The number of nitrogens with zero attached hydrogens (tertiary/aromatic N) is 1. The monoisotopic (exact) mass is 445 g/mol. The van der Waals surface area contributed by atoms with Gasteiger partial charge in [-0.3, -0.25) is 4.79 Å². The average molecular weight is 446 g/mol. The minimum Gasteiger partial charge on any atom is -0.392 e. The Morgan fingerprint density at radius 1 is 1.22 bits per heavy atom. The van der Waals surface area contributed by atoms with Crippen LogP contribution in [0.3, 0.4) is 0 Å². The lowest BCUT2D eigenvalue weighted by atomic mass is 9.89. The summed E-state index contributed by atoms with van der Waals surface area (Å²) in [6, 6.07) is 0.326. The first-order valence-electron chi connectivity index (χ1n) is 12.2. The molecule has 0 unspecified atom stereocenters. The van der Waals surface area contributed by atoms with Crippen LogP contribution >= 0.6 is 0 Å². The molecule has 0 saturated heterocycles. The van der Waals surface area contributed by atoms with Crippen LogP contribution in [0.4, 0.5) is 0 Å². The first kappa shape index (κ1) is 26.6. The van der Waals surface area contributed by atoms with Gasteiger partial charge >= 0.3 is 0 Å². The van der Waals surface area contributed by atoms with Crippen molar-refractivity contribution in [1.29, 1.82) is 0 Å². The lowest BCUT2D eigenvalue weighted by Crippen LogP contribution is -2.43. The Kier molecular flexibility index (Phi) is 10.5. The van der Waals surface area contributed by atoms with Gasteiger partial charge in [0.1, 0.15) is 6.61 Å². The standard InChI is InChI=1S/C27H43NO4/c1-7-8-9-20(6)25(29)11-10-23-24-15-21(14-22(24)16-26(23)30)12-13-32-17-27(31)28(18(2)3)19(4)5/h10-12,18-20,22-26,29-30H,9,13-17H2,1-6H3/t20-,22-,23+,24-,25+,26+/m0/s1. The molecule has 180 valence electrons. The lowest BCUT2D eigenvalue weighted by molar-refractivity contribution is -0.139. The zero-order chi connectivity index (χ0) is 23.8. The van der Waals surface area contributed by atoms with Crippen LogP contribution in [-0.4, -0.2) is 58.5 Å². The highest BCUT2D eigenvalue weighted by atomic mass is 16.5. The smallest absolute Gasteiger partial charge is 0.249 e. The highest BCUT2D eigenvalue weighted by molar-refractivity contribution is 5.78. The van der Waals surface area contributed by atoms with Gasteiger partial charge in [-0.05, 0) is 71.6 Å². The van der Waals surface area contributed by atoms with Crippen LogP contribution in [-0.2, 0) is 9.53 Å². The topological polar surface area (TPSA) is 70.0 Å². The molecule has 2 N–H and O–H groups in total. The van der Waals surface area contributed by atoms with E-state index in [4.69, 9.17) is 4.74 Å². The van der Waals surface area contributed by atoms with Gasteiger partial charge in [0, 0.05) is 24.4 Å². The highest BCUT2D eigenvalue weighted by Crippen LogP contribution is 2.50. The number of allylic oxidation sites excluding steroid dienone is 1. The minimum absolute atomic E-state index is 0.0303. The molecule has 0 aromatic rings. The molecule has 0 radical (unpaired) electrons. The van der Waals surface area contributed by atoms with Crippen molar-refractivity contribution < 1.29 is 19.7 Å². The molecule has 0 bridgehead atoms. The molecule has 0 aromatic carbocycles. The number of carbonyl (C=O) groups is 1. The van der Waals surface area contributed by atoms with Crippen LogP contribution in [0.25, 0.3) is 0 Å². The van der Waals surface area contributed by atoms with Crippen LogP contribution < -0.4 is 0 Å². The van der Waals surface area contributed by atoms with Crippen molar-refractivity contribution in [3.05, 3.63) is 23.8 Å². The Morgan fingerprint density at radius 3 is 2.53 bits per heavy atom. The molecule has 5 heteroatoms. The van der Waals surface area contributed by atoms with Gasteiger partial charge in [0.15, 0.2) is 0 Å². The maximum atomic E-state index is 12.4. The quantitative estimate of drug-likeness (QED) is 0.303. The summed E-state index contributed by atoms with van der Waals surface area (Å²) < 4.78 is 5.67. The molecule has 0 spiro atoms. The van der Waals surface area contributed by atoms with E-state index < -0.39 is 6.10 Å². The van der Waals surface area contributed by atoms with Crippen molar-refractivity contribution in [2.45, 2.75) is 91.5 Å². The summed E-state index contributed by atoms with van der Waals surface area (Å²) in [4.78, 5) is 14.3. The van der Waals surface area contributed by atoms with Crippen molar-refractivity contribution >= 4 is 5.91 Å². The lowest BCUT2D eigenvalue weighted by Gasteiger charge is -2.30. The van der Waals surface area contributed by atoms with E-state index in [0.717, 1.165) is 19.3 Å². The largest absolute Gasteiger partial charge is 0.392 e. The SMILES string of the molecule is CC#CC[C@H](C)[C@H](O)C=C[C@@H]1[C@H]2CC(=CCOCC(=O)N(C(C)C)C(C)C)C[C@H]2C[C@H]1O. The van der Waals surface area contributed by atoms with E-state index in [1.807, 2.05) is 58.6 Å². The average Bonchev–Trinajstić information content (AvgIpc) is 3.23. The molecule has 1 amide bonds. The molecule has 5 nitrogen and oxygen atoms in total. The van der Waals surface area contributed by atoms with Crippen LogP contribution in [0.5, 0.6) is 0 Å². The van der Waals surface area contributed by atoms with Gasteiger partial charge in [-0.1, -0.05) is 30.7 Å². The molecule has 2 fully saturated rings. The summed E-state index contributed by atoms with van der Waals surface area (Å²) in [5.74, 6) is 6.97. The maximum absolute atomic E-state index is 12.4. The molecule has 2 aliphatic rings. The van der Waals surface area contributed by atoms with Crippen LogP contribution in [0.1, 0.15) is 67.2 Å². The van der Waals surface area contributed by atoms with Crippen LogP contribution in [0.2, 0.25) is 0 Å². The van der Waals surface area contributed by atoms with Gasteiger partial charge in [0.2, 0.25) is 5.91 Å². The molecule has 2 rings (SSSR count). The van der Waals surface area contributed by atoms with E-state index >= 15 is 0 Å². The third-order valence-electron chi connectivity index (χ3n) is 6.94. The third kappa shape index (κ3) is 7.20. The fourth-order valence-corrected chi connectivity index (χ4v) is 5.33. The second kappa shape index (κ2) is 12.6. The van der Waals surface area contributed by atoms with E-state index in [1.165, 1.54) is 5.57 Å². The van der Waals surface area contributed by atoms with Crippen molar-refractivity contribution in [2.24, 2.45) is 23.7 Å². The van der Waals surface area contributed by atoms with Crippen molar-refractivity contribution in [2.75, 3.05) is 13.2 Å². The number of hydrogen-bond donors (Lipinski definition) is 2. The van der Waals surface area contributed by atoms with Crippen molar-refractivity contribution in [1.82, 2.24) is 4.90 Å². The van der Waals surface area contributed by atoms with Gasteiger partial charge in [0.05, 0.1) is 18.8 Å². The Labute approximate surface area is 194 Å². The van der Waals surface area contributed by atoms with E-state index in [-0.39, 0.29) is 42.5 Å². The number of fused-ring (bicyclic) bond motifs is 1. The van der Waals surface area contributed by atoms with Crippen LogP contribution in [0, 0.1) is 35.5 Å². The number of amides is 1. The molecule has 6 atom stereocenters. The van der Waals surface area contributed by atoms with Gasteiger partial charge in [0.25, 0.3) is 0 Å². The summed E-state index contributed by atoms with van der Waals surface area (Å²) >= 11 is 0. The molecule has 0 heterocycles. The summed E-state index contributed by atoms with van der Waals surface area (Å²) in [6.07, 6.45) is 8.53. The van der Waals surface area contributed by atoms with E-state index in [0.29, 0.717) is 24.9 Å². The van der Waals surface area contributed by atoms with Gasteiger partial charge in [-0.2, -0.15) is 0 Å². The molecule has 32 heavy (non-hydrogen) atoms. The summed E-state index contributed by atoms with van der Waals surface area (Å²) in [5, 5.41) is 20.9. The summed E-state index contributed by atoms with van der Waals surface area (Å²) in [7, 11) is 0. The molecular weight excluding hydrogens is 402 g/mol. The van der Waals surface area contributed by atoms with Crippen molar-refractivity contribution in [3.63, 3.8) is 0 Å². The third-order valence-corrected chi connectivity index (χ3v) is 6.94. The van der Waals surface area contributed by atoms with E-state index in [1.54, 1.807) is 0 Å². The van der Waals surface area contributed by atoms with E-state index in [9.17, 15) is 15.0 Å². The molecule has 2 aliphatic carbocycles. The second-order valence-corrected chi connectivity index (χ2v) is 10.1. The molecular formula is C27H43NO4. The molecule has 0 aromatic heterocycles. The molecule has 2 saturated carbocycles. The fraction of sp³-hybridized carbons (Fsp3) is 0.741. The number of carbonyl (C=O) groups excluding carboxylic acids is 1. The predicted molar refractivity (Wildman–Crippen MR) is 129 cm³/mol. The maximum Gasteiger partial charge on any atom is 0.249 e. The number of ether oxygens (including phenoxy) is 1. The van der Waals surface area contributed by atoms with Gasteiger partial charge in [-0.25, -0.2) is 0 Å². The summed E-state index contributed by atoms with van der Waals surface area (Å²) in [6.45, 7) is 12.5. The molecule has 0 aliphatic heterocycles. The number of hydrogen-bond acceptors (Lipinski definition) is 4. The minimum atomic E-state index is -0.541. The van der Waals surface area contributed by atoms with E-state index in [2.05, 4.69) is 17.9 Å². The van der Waals surface area contributed by atoms with Gasteiger partial charge in [-0.15, -0.1) is 11.8 Å². The fourth-order valence-electron chi connectivity index (χ4n) is 5.33. The van der Waals surface area contributed by atoms with Crippen LogP contribution in [0.15, 0.2) is 23.8 Å². The van der Waals surface area contributed by atoms with Crippen molar-refractivity contribution in [3.8, 4) is 11.8 Å². The van der Waals surface area contributed by atoms with Gasteiger partial charge < -0.3 is 19.8 Å². The zero-order valence-electron chi connectivity index (χ0n) is 20.8. The predicted octanol–water partition coefficient (Wildman–Crippen LogP) is 3.95. The summed E-state index contributed by atoms with van der Waals surface area (Å²) in [5.41, 5.74) is 1.36. The Bertz CT molecular complexity index is 722. The zero-order valence-corrected chi connectivity index (χ0v) is 20.8. The highest BCUT2D eigenvalue weighted by Gasteiger charge is 2.45. The number of rotatable bonds is 10. The number of aliphatic hydroxyl groups excluding tert-OH is 2. The first-order valence-corrected chi connectivity index (χ1v) is 12.2. The Hall–Kier alpha value is -1.61. The first-order chi connectivity index (χ1) is 15.1. The Morgan fingerprint density at radius 2 is 1.91 bits per heavy atom. The second-order valence-electron chi connectivity index (χ2n) is 10.1.